The van der Waals surface area contributed by atoms with Gasteiger partial charge in [0, 0.05) is 19.6 Å². The van der Waals surface area contributed by atoms with Crippen LogP contribution in [0.4, 0.5) is 0 Å². The first-order valence-corrected chi connectivity index (χ1v) is 6.41. The lowest BCUT2D eigenvalue weighted by atomic mass is 9.98. The van der Waals surface area contributed by atoms with Crippen LogP contribution in [-0.2, 0) is 14.3 Å². The zero-order valence-electron chi connectivity index (χ0n) is 10.7. The molecule has 1 heterocycles. The van der Waals surface area contributed by atoms with Gasteiger partial charge < -0.3 is 9.47 Å². The number of Topliss-reactive ketones (excluding diaryl/α,β-unsaturated/α-hetero) is 1. The minimum atomic E-state index is -0.230. The summed E-state index contributed by atoms with van der Waals surface area (Å²) in [6.45, 7) is 7.46. The summed E-state index contributed by atoms with van der Waals surface area (Å²) < 4.78 is 11.0. The minimum absolute atomic E-state index is 0.229. The Hall–Kier alpha value is -0.410. The number of hydrogen-bond donors (Lipinski definition) is 0. The van der Waals surface area contributed by atoms with E-state index in [2.05, 4.69) is 0 Å². The van der Waals surface area contributed by atoms with Gasteiger partial charge in [-0.2, -0.15) is 0 Å². The topological polar surface area (TPSA) is 35.5 Å². The molecule has 0 spiro atoms. The van der Waals surface area contributed by atoms with E-state index >= 15 is 0 Å². The van der Waals surface area contributed by atoms with Crippen LogP contribution in [-0.4, -0.2) is 31.2 Å². The monoisotopic (exact) mass is 228 g/mol. The molecule has 0 N–H and O–H groups in total. The third kappa shape index (κ3) is 4.22. The Bertz CT molecular complexity index is 207. The zero-order valence-corrected chi connectivity index (χ0v) is 10.7. The Morgan fingerprint density at radius 2 is 2.25 bits per heavy atom. The fourth-order valence-corrected chi connectivity index (χ4v) is 2.15. The van der Waals surface area contributed by atoms with E-state index in [1.54, 1.807) is 0 Å². The van der Waals surface area contributed by atoms with Gasteiger partial charge in [0.2, 0.25) is 0 Å². The van der Waals surface area contributed by atoms with Crippen molar-refractivity contribution in [2.45, 2.75) is 58.7 Å². The van der Waals surface area contributed by atoms with Gasteiger partial charge in [0.05, 0.1) is 6.10 Å². The summed E-state index contributed by atoms with van der Waals surface area (Å²) in [5.41, 5.74) is 0. The number of ketones is 1. The maximum atomic E-state index is 12.0. The molecule has 1 rings (SSSR count). The first-order valence-electron chi connectivity index (χ1n) is 6.41. The molecule has 1 saturated heterocycles. The summed E-state index contributed by atoms with van der Waals surface area (Å²) >= 11 is 0. The molecule has 0 aliphatic carbocycles. The summed E-state index contributed by atoms with van der Waals surface area (Å²) in [4.78, 5) is 12.0. The molecule has 0 radical (unpaired) electrons. The second kappa shape index (κ2) is 7.02. The van der Waals surface area contributed by atoms with Gasteiger partial charge in [-0.15, -0.1) is 0 Å². The Labute approximate surface area is 98.5 Å². The SMILES string of the molecule is CCOC(C(=O)CCC1CCCO1)C(C)C. The maximum Gasteiger partial charge on any atom is 0.161 e. The van der Waals surface area contributed by atoms with Crippen LogP contribution in [0.1, 0.15) is 46.5 Å². The van der Waals surface area contributed by atoms with Crippen LogP contribution in [0.5, 0.6) is 0 Å². The molecule has 0 amide bonds. The van der Waals surface area contributed by atoms with Gasteiger partial charge in [-0.3, -0.25) is 4.79 Å². The van der Waals surface area contributed by atoms with E-state index in [0.29, 0.717) is 19.1 Å². The average Bonchev–Trinajstić information content (AvgIpc) is 2.75. The standard InChI is InChI=1S/C13H24O3/c1-4-15-13(10(2)3)12(14)8-7-11-6-5-9-16-11/h10-11,13H,4-9H2,1-3H3. The molecule has 3 nitrogen and oxygen atoms in total. The van der Waals surface area contributed by atoms with E-state index < -0.39 is 0 Å². The molecule has 0 saturated carbocycles. The van der Waals surface area contributed by atoms with Crippen molar-refractivity contribution < 1.29 is 14.3 Å². The third-order valence-electron chi connectivity index (χ3n) is 3.01. The van der Waals surface area contributed by atoms with Gasteiger partial charge in [0.1, 0.15) is 6.10 Å². The Morgan fingerprint density at radius 1 is 1.50 bits per heavy atom. The number of hydrogen-bond acceptors (Lipinski definition) is 3. The summed E-state index contributed by atoms with van der Waals surface area (Å²) in [6, 6.07) is 0. The van der Waals surface area contributed by atoms with Crippen molar-refractivity contribution in [2.24, 2.45) is 5.92 Å². The summed E-state index contributed by atoms with van der Waals surface area (Å²) in [5.74, 6) is 0.490. The maximum absolute atomic E-state index is 12.0. The normalized spacial score (nSPS) is 22.6. The molecule has 0 aromatic carbocycles. The van der Waals surface area contributed by atoms with Gasteiger partial charge >= 0.3 is 0 Å². The van der Waals surface area contributed by atoms with Crippen LogP contribution in [0.3, 0.4) is 0 Å². The fraction of sp³-hybridized carbons (Fsp3) is 0.923. The van der Waals surface area contributed by atoms with Gasteiger partial charge in [0.25, 0.3) is 0 Å². The third-order valence-corrected chi connectivity index (χ3v) is 3.01. The van der Waals surface area contributed by atoms with Crippen molar-refractivity contribution >= 4 is 5.78 Å². The predicted octanol–water partition coefficient (Wildman–Crippen LogP) is 2.58. The highest BCUT2D eigenvalue weighted by atomic mass is 16.5. The van der Waals surface area contributed by atoms with Crippen molar-refractivity contribution in [1.82, 2.24) is 0 Å². The van der Waals surface area contributed by atoms with Crippen molar-refractivity contribution in [3.05, 3.63) is 0 Å². The van der Waals surface area contributed by atoms with Gasteiger partial charge in [-0.1, -0.05) is 13.8 Å². The number of rotatable bonds is 7. The van der Waals surface area contributed by atoms with Crippen molar-refractivity contribution in [1.29, 1.82) is 0 Å². The quantitative estimate of drug-likeness (QED) is 0.672. The second-order valence-corrected chi connectivity index (χ2v) is 4.76. The van der Waals surface area contributed by atoms with Crippen molar-refractivity contribution in [3.63, 3.8) is 0 Å². The smallest absolute Gasteiger partial charge is 0.161 e. The fourth-order valence-electron chi connectivity index (χ4n) is 2.15. The Kier molecular flexibility index (Phi) is 5.99. The van der Waals surface area contributed by atoms with Gasteiger partial charge in [0.15, 0.2) is 5.78 Å². The largest absolute Gasteiger partial charge is 0.378 e. The molecule has 1 fully saturated rings. The van der Waals surface area contributed by atoms with E-state index in [1.807, 2.05) is 20.8 Å². The molecule has 1 aliphatic heterocycles. The average molecular weight is 228 g/mol. The van der Waals surface area contributed by atoms with E-state index in [4.69, 9.17) is 9.47 Å². The second-order valence-electron chi connectivity index (χ2n) is 4.76. The molecule has 0 aromatic heterocycles. The van der Waals surface area contributed by atoms with E-state index in [1.165, 1.54) is 0 Å². The molecule has 2 unspecified atom stereocenters. The Morgan fingerprint density at radius 3 is 2.75 bits per heavy atom. The highest BCUT2D eigenvalue weighted by Crippen LogP contribution is 2.19. The molecule has 0 aromatic rings. The molecule has 16 heavy (non-hydrogen) atoms. The first kappa shape index (κ1) is 13.7. The highest BCUT2D eigenvalue weighted by Gasteiger charge is 2.24. The predicted molar refractivity (Wildman–Crippen MR) is 63.5 cm³/mol. The summed E-state index contributed by atoms with van der Waals surface area (Å²) in [5, 5.41) is 0. The molecule has 94 valence electrons. The van der Waals surface area contributed by atoms with Crippen LogP contribution in [0.2, 0.25) is 0 Å². The summed E-state index contributed by atoms with van der Waals surface area (Å²) in [6.07, 6.45) is 3.76. The molecular formula is C13H24O3. The molecule has 3 heteroatoms. The lowest BCUT2D eigenvalue weighted by Gasteiger charge is -2.20. The van der Waals surface area contributed by atoms with E-state index in [9.17, 15) is 4.79 Å². The van der Waals surface area contributed by atoms with Crippen molar-refractivity contribution in [2.75, 3.05) is 13.2 Å². The van der Waals surface area contributed by atoms with Crippen molar-refractivity contribution in [3.8, 4) is 0 Å². The number of carbonyl (C=O) groups is 1. The van der Waals surface area contributed by atoms with E-state index in [0.717, 1.165) is 25.9 Å². The van der Waals surface area contributed by atoms with Crippen LogP contribution in [0, 0.1) is 5.92 Å². The summed E-state index contributed by atoms with van der Waals surface area (Å²) in [7, 11) is 0. The van der Waals surface area contributed by atoms with Crippen LogP contribution in [0.15, 0.2) is 0 Å². The van der Waals surface area contributed by atoms with Crippen LogP contribution >= 0.6 is 0 Å². The molecule has 1 aliphatic rings. The Balaban J connectivity index is 2.30. The molecule has 2 atom stereocenters. The lowest BCUT2D eigenvalue weighted by Crippen LogP contribution is -2.30. The van der Waals surface area contributed by atoms with Crippen LogP contribution < -0.4 is 0 Å². The molecule has 0 bridgehead atoms. The number of carbonyl (C=O) groups excluding carboxylic acids is 1. The first-order chi connectivity index (χ1) is 7.65. The highest BCUT2D eigenvalue weighted by molar-refractivity contribution is 5.83. The van der Waals surface area contributed by atoms with E-state index in [-0.39, 0.29) is 17.8 Å². The minimum Gasteiger partial charge on any atom is -0.378 e. The number of ether oxygens (including phenoxy) is 2. The van der Waals surface area contributed by atoms with Gasteiger partial charge in [-0.25, -0.2) is 0 Å². The zero-order chi connectivity index (χ0) is 12.0. The lowest BCUT2D eigenvalue weighted by molar-refractivity contribution is -0.133. The van der Waals surface area contributed by atoms with Crippen LogP contribution in [0.25, 0.3) is 0 Å². The molecular weight excluding hydrogens is 204 g/mol. The van der Waals surface area contributed by atoms with Gasteiger partial charge in [-0.05, 0) is 32.1 Å².